The maximum Gasteiger partial charge on any atom is 0.0577 e. The average Bonchev–Trinajstić information content (AvgIpc) is 3.53. The molecule has 0 aliphatic heterocycles. The van der Waals surface area contributed by atoms with Crippen LogP contribution in [-0.2, 0) is 4.74 Å². The van der Waals surface area contributed by atoms with Crippen LogP contribution in [0.1, 0.15) is 119 Å². The number of rotatable bonds is 17. The molecule has 0 unspecified atom stereocenters. The molecule has 0 bridgehead atoms. The van der Waals surface area contributed by atoms with E-state index in [0.717, 1.165) is 6.61 Å². The van der Waals surface area contributed by atoms with Gasteiger partial charge in [-0.05, 0) is 119 Å². The molecule has 0 N–H and O–H groups in total. The van der Waals surface area contributed by atoms with Crippen molar-refractivity contribution >= 4 is 0 Å². The molecule has 31 heavy (non-hydrogen) atoms. The van der Waals surface area contributed by atoms with Crippen molar-refractivity contribution in [3.05, 3.63) is 58.2 Å². The highest BCUT2D eigenvalue weighted by Crippen LogP contribution is 2.23. The van der Waals surface area contributed by atoms with E-state index >= 15 is 0 Å². The molecular formula is C30H50O. The predicted molar refractivity (Wildman–Crippen MR) is 140 cm³/mol. The quantitative estimate of drug-likeness (QED) is 0.166. The van der Waals surface area contributed by atoms with Crippen molar-refractivity contribution < 1.29 is 4.74 Å². The Morgan fingerprint density at radius 2 is 1.00 bits per heavy atom. The first kappa shape index (κ1) is 27.7. The number of hydrogen-bond acceptors (Lipinski definition) is 1. The van der Waals surface area contributed by atoms with Crippen LogP contribution < -0.4 is 0 Å². The Morgan fingerprint density at radius 1 is 0.581 bits per heavy atom. The lowest BCUT2D eigenvalue weighted by molar-refractivity contribution is 0.117. The van der Waals surface area contributed by atoms with Gasteiger partial charge in [0.1, 0.15) is 0 Å². The van der Waals surface area contributed by atoms with Crippen LogP contribution in [0.15, 0.2) is 58.2 Å². The normalized spacial score (nSPS) is 16.1. The molecule has 0 aromatic heterocycles. The Labute approximate surface area is 194 Å². The summed E-state index contributed by atoms with van der Waals surface area (Å²) in [5, 5.41) is 0. The Hall–Kier alpha value is -1.34. The smallest absolute Gasteiger partial charge is 0.0577 e. The lowest BCUT2D eigenvalue weighted by Crippen LogP contribution is -1.96. The SMILES string of the molecule is CC(C)=CCC/C(C)=C/CC/C(C)=C\CC/C=C(/C)CC/C=C(/C)CCCOC1CC1. The van der Waals surface area contributed by atoms with Gasteiger partial charge in [-0.15, -0.1) is 0 Å². The topological polar surface area (TPSA) is 9.23 Å². The van der Waals surface area contributed by atoms with E-state index in [1.807, 2.05) is 0 Å². The number of allylic oxidation sites excluding steroid dienone is 10. The first-order valence-corrected chi connectivity index (χ1v) is 12.7. The third-order valence-electron chi connectivity index (χ3n) is 5.90. The minimum absolute atomic E-state index is 0.597. The molecule has 0 aromatic rings. The fourth-order valence-corrected chi connectivity index (χ4v) is 3.58. The van der Waals surface area contributed by atoms with Crippen molar-refractivity contribution in [3.63, 3.8) is 0 Å². The van der Waals surface area contributed by atoms with Crippen LogP contribution >= 0.6 is 0 Å². The van der Waals surface area contributed by atoms with Crippen LogP contribution in [0.5, 0.6) is 0 Å². The Kier molecular flexibility index (Phi) is 15.4. The average molecular weight is 427 g/mol. The summed E-state index contributed by atoms with van der Waals surface area (Å²) in [5.74, 6) is 0. The summed E-state index contributed by atoms with van der Waals surface area (Å²) < 4.78 is 5.73. The molecule has 0 radical (unpaired) electrons. The van der Waals surface area contributed by atoms with Crippen molar-refractivity contribution in [1.82, 2.24) is 0 Å². The summed E-state index contributed by atoms with van der Waals surface area (Å²) in [5.41, 5.74) is 7.53. The van der Waals surface area contributed by atoms with Crippen LogP contribution in [0.3, 0.4) is 0 Å². The van der Waals surface area contributed by atoms with Crippen molar-refractivity contribution in [2.24, 2.45) is 0 Å². The summed E-state index contributed by atoms with van der Waals surface area (Å²) in [7, 11) is 0. The van der Waals surface area contributed by atoms with Gasteiger partial charge < -0.3 is 4.74 Å². The predicted octanol–water partition coefficient (Wildman–Crippen LogP) is 9.82. The zero-order valence-electron chi connectivity index (χ0n) is 21.6. The van der Waals surface area contributed by atoms with Gasteiger partial charge >= 0.3 is 0 Å². The molecule has 0 aromatic carbocycles. The summed E-state index contributed by atoms with van der Waals surface area (Å²) in [4.78, 5) is 0. The molecule has 0 atom stereocenters. The Balaban J connectivity index is 2.11. The van der Waals surface area contributed by atoms with Gasteiger partial charge in [0.15, 0.2) is 0 Å². The van der Waals surface area contributed by atoms with E-state index in [4.69, 9.17) is 4.74 Å². The van der Waals surface area contributed by atoms with Gasteiger partial charge in [0.25, 0.3) is 0 Å². The van der Waals surface area contributed by atoms with Gasteiger partial charge in [0.05, 0.1) is 6.10 Å². The zero-order valence-corrected chi connectivity index (χ0v) is 21.6. The lowest BCUT2D eigenvalue weighted by Gasteiger charge is -2.04. The number of hydrogen-bond donors (Lipinski definition) is 0. The van der Waals surface area contributed by atoms with Crippen LogP contribution in [0.2, 0.25) is 0 Å². The van der Waals surface area contributed by atoms with Crippen LogP contribution in [0.25, 0.3) is 0 Å². The van der Waals surface area contributed by atoms with Gasteiger partial charge in [0.2, 0.25) is 0 Å². The molecule has 176 valence electrons. The monoisotopic (exact) mass is 426 g/mol. The first-order chi connectivity index (χ1) is 14.9. The highest BCUT2D eigenvalue weighted by molar-refractivity contribution is 5.07. The number of unbranched alkanes of at least 4 members (excludes halogenated alkanes) is 1. The van der Waals surface area contributed by atoms with E-state index < -0.39 is 0 Å². The van der Waals surface area contributed by atoms with E-state index in [0.29, 0.717) is 6.10 Å². The van der Waals surface area contributed by atoms with Crippen molar-refractivity contribution in [3.8, 4) is 0 Å². The van der Waals surface area contributed by atoms with Gasteiger partial charge in [0, 0.05) is 6.61 Å². The van der Waals surface area contributed by atoms with E-state index in [2.05, 4.69) is 71.9 Å². The van der Waals surface area contributed by atoms with E-state index in [-0.39, 0.29) is 0 Å². The molecule has 0 amide bonds. The van der Waals surface area contributed by atoms with Crippen LogP contribution in [-0.4, -0.2) is 12.7 Å². The molecule has 1 rings (SSSR count). The van der Waals surface area contributed by atoms with Gasteiger partial charge in [-0.2, -0.15) is 0 Å². The minimum atomic E-state index is 0.597. The van der Waals surface area contributed by atoms with Gasteiger partial charge in [-0.1, -0.05) is 58.2 Å². The highest BCUT2D eigenvalue weighted by Gasteiger charge is 2.21. The first-order valence-electron chi connectivity index (χ1n) is 12.7. The van der Waals surface area contributed by atoms with Crippen LogP contribution in [0, 0.1) is 0 Å². The van der Waals surface area contributed by atoms with Gasteiger partial charge in [-0.25, -0.2) is 0 Å². The van der Waals surface area contributed by atoms with Crippen molar-refractivity contribution in [2.75, 3.05) is 6.61 Å². The highest BCUT2D eigenvalue weighted by atomic mass is 16.5. The second-order valence-electron chi connectivity index (χ2n) is 9.85. The molecule has 1 saturated carbocycles. The Bertz CT molecular complexity index is 633. The molecule has 1 aliphatic carbocycles. The fraction of sp³-hybridized carbons (Fsp3) is 0.667. The van der Waals surface area contributed by atoms with E-state index in [1.165, 1.54) is 105 Å². The maximum atomic E-state index is 5.73. The molecule has 1 fully saturated rings. The molecule has 1 aliphatic rings. The maximum absolute atomic E-state index is 5.73. The van der Waals surface area contributed by atoms with Crippen molar-refractivity contribution in [2.45, 2.75) is 125 Å². The van der Waals surface area contributed by atoms with Gasteiger partial charge in [-0.3, -0.25) is 0 Å². The van der Waals surface area contributed by atoms with Crippen LogP contribution in [0.4, 0.5) is 0 Å². The molecular weight excluding hydrogens is 376 g/mol. The summed E-state index contributed by atoms with van der Waals surface area (Å²) in [6, 6.07) is 0. The molecule has 1 heteroatoms. The molecule has 0 spiro atoms. The van der Waals surface area contributed by atoms with E-state index in [9.17, 15) is 0 Å². The molecule has 0 saturated heterocycles. The summed E-state index contributed by atoms with van der Waals surface area (Å²) in [6.07, 6.45) is 27.0. The molecule has 0 heterocycles. The van der Waals surface area contributed by atoms with Crippen molar-refractivity contribution in [1.29, 1.82) is 0 Å². The number of ether oxygens (including phenoxy) is 1. The largest absolute Gasteiger partial charge is 0.378 e. The fourth-order valence-electron chi connectivity index (χ4n) is 3.58. The third kappa shape index (κ3) is 18.0. The van der Waals surface area contributed by atoms with E-state index in [1.54, 1.807) is 0 Å². The zero-order chi connectivity index (χ0) is 22.9. The summed E-state index contributed by atoms with van der Waals surface area (Å²) in [6.45, 7) is 14.4. The Morgan fingerprint density at radius 3 is 1.45 bits per heavy atom. The third-order valence-corrected chi connectivity index (χ3v) is 5.90. The second kappa shape index (κ2) is 17.2. The standard InChI is InChI=1S/C30H50O/c1-25(2)13-9-16-28(5)19-10-17-26(3)14-7-8-15-27(4)18-11-20-29(6)21-12-24-31-30-22-23-30/h13-15,19-20,30H,7-12,16-18,21-24H2,1-6H3/b26-14-,27-15-,28-19+,29-20-. The second-order valence-corrected chi connectivity index (χ2v) is 9.85. The lowest BCUT2D eigenvalue weighted by atomic mass is 10.0. The minimum Gasteiger partial charge on any atom is -0.378 e. The summed E-state index contributed by atoms with van der Waals surface area (Å²) >= 11 is 0. The molecule has 1 nitrogen and oxygen atoms in total.